The Hall–Kier alpha value is -1.36. The van der Waals surface area contributed by atoms with Crippen molar-refractivity contribution in [2.75, 3.05) is 0 Å². The Morgan fingerprint density at radius 3 is 2.12 bits per heavy atom. The molecule has 0 saturated carbocycles. The van der Waals surface area contributed by atoms with Gasteiger partial charge in [-0.3, -0.25) is 4.79 Å². The van der Waals surface area contributed by atoms with Gasteiger partial charge in [0.05, 0.1) is 0 Å². The van der Waals surface area contributed by atoms with E-state index in [1.165, 1.54) is 0 Å². The normalized spacial score (nSPS) is 15.1. The van der Waals surface area contributed by atoms with Gasteiger partial charge in [-0.05, 0) is 25.7 Å². The van der Waals surface area contributed by atoms with Gasteiger partial charge in [0, 0.05) is 12.0 Å². The first kappa shape index (κ1) is 18.0. The molecule has 0 saturated heterocycles. The van der Waals surface area contributed by atoms with Crippen LogP contribution in [0.2, 0.25) is 0 Å². The molecule has 0 aromatic heterocycles. The molecule has 4 N–H and O–H groups in total. The van der Waals surface area contributed by atoms with E-state index in [0.29, 0.717) is 5.57 Å². The van der Waals surface area contributed by atoms with Crippen molar-refractivity contribution in [3.05, 3.63) is 12.2 Å². The Labute approximate surface area is 102 Å². The SMILES string of the molecule is C=C(C)C(=O)OC(C)C(C)C(C)CC(=O)O.N. The molecule has 3 atom stereocenters. The average molecular weight is 245 g/mol. The van der Waals surface area contributed by atoms with Crippen LogP contribution in [-0.4, -0.2) is 23.1 Å². The highest BCUT2D eigenvalue weighted by atomic mass is 16.5. The van der Waals surface area contributed by atoms with Crippen LogP contribution in [0.4, 0.5) is 0 Å². The van der Waals surface area contributed by atoms with Gasteiger partial charge in [0.25, 0.3) is 0 Å². The summed E-state index contributed by atoms with van der Waals surface area (Å²) >= 11 is 0. The van der Waals surface area contributed by atoms with Gasteiger partial charge in [0.2, 0.25) is 0 Å². The number of esters is 1. The molecule has 0 aliphatic heterocycles. The zero-order chi connectivity index (χ0) is 12.9. The van der Waals surface area contributed by atoms with Gasteiger partial charge in [-0.2, -0.15) is 0 Å². The van der Waals surface area contributed by atoms with Crippen molar-refractivity contribution in [1.29, 1.82) is 0 Å². The molecule has 3 unspecified atom stereocenters. The van der Waals surface area contributed by atoms with E-state index in [2.05, 4.69) is 6.58 Å². The third-order valence-corrected chi connectivity index (χ3v) is 2.78. The van der Waals surface area contributed by atoms with Crippen molar-refractivity contribution >= 4 is 11.9 Å². The summed E-state index contributed by atoms with van der Waals surface area (Å²) in [6.45, 7) is 10.6. The maximum atomic E-state index is 11.3. The molecule has 0 spiro atoms. The van der Waals surface area contributed by atoms with Gasteiger partial charge in [-0.1, -0.05) is 20.4 Å². The number of carbonyl (C=O) groups is 2. The third-order valence-electron chi connectivity index (χ3n) is 2.78. The minimum Gasteiger partial charge on any atom is -0.481 e. The zero-order valence-corrected chi connectivity index (χ0v) is 11.0. The van der Waals surface area contributed by atoms with Crippen LogP contribution >= 0.6 is 0 Å². The minimum atomic E-state index is -0.835. The monoisotopic (exact) mass is 245 g/mol. The van der Waals surface area contributed by atoms with Crippen molar-refractivity contribution in [2.45, 2.75) is 40.2 Å². The fraction of sp³-hybridized carbons (Fsp3) is 0.667. The van der Waals surface area contributed by atoms with Gasteiger partial charge in [-0.15, -0.1) is 0 Å². The smallest absolute Gasteiger partial charge is 0.333 e. The van der Waals surface area contributed by atoms with E-state index >= 15 is 0 Å². The lowest BCUT2D eigenvalue weighted by Gasteiger charge is -2.25. The van der Waals surface area contributed by atoms with Crippen molar-refractivity contribution in [3.8, 4) is 0 Å². The van der Waals surface area contributed by atoms with Crippen LogP contribution in [0.3, 0.4) is 0 Å². The first-order valence-electron chi connectivity index (χ1n) is 5.34. The number of carbonyl (C=O) groups excluding carboxylic acids is 1. The Balaban J connectivity index is 0. The van der Waals surface area contributed by atoms with Gasteiger partial charge < -0.3 is 16.0 Å². The number of aliphatic carboxylic acids is 1. The second-order valence-corrected chi connectivity index (χ2v) is 4.33. The molecule has 0 aromatic rings. The summed E-state index contributed by atoms with van der Waals surface area (Å²) in [5.41, 5.74) is 0.352. The number of hydrogen-bond acceptors (Lipinski definition) is 4. The van der Waals surface area contributed by atoms with Crippen LogP contribution in [0.1, 0.15) is 34.1 Å². The van der Waals surface area contributed by atoms with Crippen molar-refractivity contribution < 1.29 is 19.4 Å². The number of carboxylic acid groups (broad SMARTS) is 1. The lowest BCUT2D eigenvalue weighted by molar-refractivity contribution is -0.147. The zero-order valence-electron chi connectivity index (χ0n) is 11.0. The molecule has 0 fully saturated rings. The van der Waals surface area contributed by atoms with E-state index < -0.39 is 11.9 Å². The van der Waals surface area contributed by atoms with Crippen LogP contribution < -0.4 is 6.15 Å². The molecule has 0 amide bonds. The van der Waals surface area contributed by atoms with Crippen molar-refractivity contribution in [1.82, 2.24) is 6.15 Å². The lowest BCUT2D eigenvalue weighted by Crippen LogP contribution is -2.28. The van der Waals surface area contributed by atoms with Gasteiger partial charge in [0.1, 0.15) is 6.10 Å². The molecule has 0 bridgehead atoms. The second-order valence-electron chi connectivity index (χ2n) is 4.33. The molecule has 100 valence electrons. The molecule has 0 rings (SSSR count). The summed E-state index contributed by atoms with van der Waals surface area (Å²) in [5, 5.41) is 8.66. The summed E-state index contributed by atoms with van der Waals surface area (Å²) in [7, 11) is 0. The van der Waals surface area contributed by atoms with E-state index in [0.717, 1.165) is 0 Å². The predicted molar refractivity (Wildman–Crippen MR) is 66.0 cm³/mol. The Bertz CT molecular complexity index is 288. The first-order valence-corrected chi connectivity index (χ1v) is 5.34. The van der Waals surface area contributed by atoms with Crippen LogP contribution in [0.5, 0.6) is 0 Å². The lowest BCUT2D eigenvalue weighted by atomic mass is 9.89. The fourth-order valence-corrected chi connectivity index (χ4v) is 1.30. The average Bonchev–Trinajstić information content (AvgIpc) is 2.14. The second kappa shape index (κ2) is 7.84. The summed E-state index contributed by atoms with van der Waals surface area (Å²) in [5.74, 6) is -1.30. The number of carboxylic acids is 1. The largest absolute Gasteiger partial charge is 0.481 e. The highest BCUT2D eigenvalue weighted by Gasteiger charge is 2.24. The maximum absolute atomic E-state index is 11.3. The van der Waals surface area contributed by atoms with E-state index in [1.54, 1.807) is 13.8 Å². The Kier molecular flexibility index (Phi) is 8.31. The van der Waals surface area contributed by atoms with Crippen LogP contribution in [0.15, 0.2) is 12.2 Å². The summed E-state index contributed by atoms with van der Waals surface area (Å²) < 4.78 is 5.14. The van der Waals surface area contributed by atoms with Gasteiger partial charge >= 0.3 is 11.9 Å². The van der Waals surface area contributed by atoms with Crippen LogP contribution in [0, 0.1) is 11.8 Å². The number of hydrogen-bond donors (Lipinski definition) is 2. The van der Waals surface area contributed by atoms with E-state index in [1.807, 2.05) is 13.8 Å². The number of rotatable bonds is 6. The van der Waals surface area contributed by atoms with Crippen molar-refractivity contribution in [3.63, 3.8) is 0 Å². The van der Waals surface area contributed by atoms with E-state index in [9.17, 15) is 9.59 Å². The maximum Gasteiger partial charge on any atom is 0.333 e. The molecule has 0 radical (unpaired) electrons. The standard InChI is InChI=1S/C12H20O4.H3N/c1-7(2)12(15)16-10(5)9(4)8(3)6-11(13)14;/h8-10H,1,6H2,2-5H3,(H,13,14);1H3. The third kappa shape index (κ3) is 6.73. The van der Waals surface area contributed by atoms with Gasteiger partial charge in [0.15, 0.2) is 0 Å². The Morgan fingerprint density at radius 2 is 1.76 bits per heavy atom. The Morgan fingerprint density at radius 1 is 1.29 bits per heavy atom. The first-order chi connectivity index (χ1) is 7.25. The van der Waals surface area contributed by atoms with Crippen LogP contribution in [0.25, 0.3) is 0 Å². The van der Waals surface area contributed by atoms with Gasteiger partial charge in [-0.25, -0.2) is 4.79 Å². The highest BCUT2D eigenvalue weighted by Crippen LogP contribution is 2.21. The van der Waals surface area contributed by atoms with E-state index in [4.69, 9.17) is 9.84 Å². The minimum absolute atomic E-state index is 0. The highest BCUT2D eigenvalue weighted by molar-refractivity contribution is 5.87. The summed E-state index contributed by atoms with van der Waals surface area (Å²) in [6, 6.07) is 0. The van der Waals surface area contributed by atoms with Crippen LogP contribution in [-0.2, 0) is 14.3 Å². The molecule has 0 aliphatic rings. The fourth-order valence-electron chi connectivity index (χ4n) is 1.30. The van der Waals surface area contributed by atoms with Crippen molar-refractivity contribution in [2.24, 2.45) is 11.8 Å². The predicted octanol–water partition coefficient (Wildman–Crippen LogP) is 2.40. The topological polar surface area (TPSA) is 98.6 Å². The molecule has 0 aromatic carbocycles. The van der Waals surface area contributed by atoms with E-state index in [-0.39, 0.29) is 30.5 Å². The molecular formula is C12H23NO4. The molecular weight excluding hydrogens is 222 g/mol. The number of ether oxygens (including phenoxy) is 1. The molecule has 5 nitrogen and oxygen atoms in total. The molecule has 0 heterocycles. The summed E-state index contributed by atoms with van der Waals surface area (Å²) in [6.07, 6.45) is -0.227. The molecule has 5 heteroatoms. The molecule has 0 aliphatic carbocycles. The quantitative estimate of drug-likeness (QED) is 0.553. The molecule has 17 heavy (non-hydrogen) atoms. The summed E-state index contributed by atoms with van der Waals surface area (Å²) in [4.78, 5) is 21.8.